The van der Waals surface area contributed by atoms with Crippen LogP contribution < -0.4 is 5.32 Å². The SMILES string of the molecule is c1ccc(C2=NC(c3ccccc3)NC(c3cc(-n4c5ccccc5c5ccccc54)cc4sc5ccccc5c34)=N2)cc1. The molecule has 0 radical (unpaired) electrons. The Labute approximate surface area is 258 Å². The van der Waals surface area contributed by atoms with Gasteiger partial charge in [0.25, 0.3) is 0 Å². The monoisotopic (exact) mass is 582 g/mol. The van der Waals surface area contributed by atoms with Gasteiger partial charge in [0.15, 0.2) is 5.84 Å². The summed E-state index contributed by atoms with van der Waals surface area (Å²) in [6.07, 6.45) is -0.268. The van der Waals surface area contributed by atoms with Crippen LogP contribution in [0.1, 0.15) is 22.9 Å². The molecule has 0 spiro atoms. The van der Waals surface area contributed by atoms with Gasteiger partial charge in [0.1, 0.15) is 12.0 Å². The molecule has 9 rings (SSSR count). The highest BCUT2D eigenvalue weighted by Crippen LogP contribution is 2.40. The molecule has 1 aliphatic rings. The quantitative estimate of drug-likeness (QED) is 0.221. The minimum Gasteiger partial charge on any atom is -0.344 e. The van der Waals surface area contributed by atoms with Crippen molar-refractivity contribution in [3.05, 3.63) is 162 Å². The Morgan fingerprint density at radius 2 is 1.20 bits per heavy atom. The third-order valence-corrected chi connectivity index (χ3v) is 9.56. The molecule has 0 fully saturated rings. The number of para-hydroxylation sites is 2. The highest BCUT2D eigenvalue weighted by Gasteiger charge is 2.25. The van der Waals surface area contributed by atoms with Gasteiger partial charge in [-0.25, -0.2) is 9.98 Å². The number of nitrogens with one attached hydrogen (secondary N) is 1. The molecule has 1 aliphatic heterocycles. The molecular weight excluding hydrogens is 557 g/mol. The minimum absolute atomic E-state index is 0.268. The van der Waals surface area contributed by atoms with E-state index in [1.165, 1.54) is 42.0 Å². The first-order chi connectivity index (χ1) is 21.8. The predicted molar refractivity (Wildman–Crippen MR) is 186 cm³/mol. The summed E-state index contributed by atoms with van der Waals surface area (Å²) in [4.78, 5) is 10.3. The lowest BCUT2D eigenvalue weighted by Crippen LogP contribution is -2.33. The van der Waals surface area contributed by atoms with Crippen LogP contribution in [0.5, 0.6) is 0 Å². The van der Waals surface area contributed by atoms with E-state index in [2.05, 4.69) is 131 Å². The number of aliphatic imine (C=N–C) groups is 2. The number of benzene rings is 6. The van der Waals surface area contributed by atoms with Gasteiger partial charge >= 0.3 is 0 Å². The van der Waals surface area contributed by atoms with Gasteiger partial charge in [-0.2, -0.15) is 0 Å². The van der Waals surface area contributed by atoms with Crippen molar-refractivity contribution >= 4 is 65.0 Å². The fourth-order valence-corrected chi connectivity index (χ4v) is 7.63. The van der Waals surface area contributed by atoms with Crippen molar-refractivity contribution < 1.29 is 0 Å². The molecule has 208 valence electrons. The maximum Gasteiger partial charge on any atom is 0.159 e. The lowest BCUT2D eigenvalue weighted by Gasteiger charge is -2.24. The summed E-state index contributed by atoms with van der Waals surface area (Å²) < 4.78 is 4.88. The number of aromatic nitrogens is 1. The third kappa shape index (κ3) is 3.98. The lowest BCUT2D eigenvalue weighted by molar-refractivity contribution is 0.674. The van der Waals surface area contributed by atoms with Crippen molar-refractivity contribution in [2.24, 2.45) is 9.98 Å². The van der Waals surface area contributed by atoms with Crippen molar-refractivity contribution in [2.45, 2.75) is 6.17 Å². The Hall–Kier alpha value is -5.52. The zero-order valence-corrected chi connectivity index (χ0v) is 24.5. The van der Waals surface area contributed by atoms with Gasteiger partial charge in [0.05, 0.1) is 11.0 Å². The van der Waals surface area contributed by atoms with Gasteiger partial charge < -0.3 is 9.88 Å². The van der Waals surface area contributed by atoms with Crippen molar-refractivity contribution in [3.8, 4) is 5.69 Å². The van der Waals surface area contributed by atoms with Crippen LogP contribution in [0.3, 0.4) is 0 Å². The molecule has 44 heavy (non-hydrogen) atoms. The van der Waals surface area contributed by atoms with Crippen LogP contribution in [0.15, 0.2) is 156 Å². The Bertz CT molecular complexity index is 2360. The van der Waals surface area contributed by atoms with Crippen LogP contribution in [0, 0.1) is 0 Å². The Kier molecular flexibility index (Phi) is 5.71. The van der Waals surface area contributed by atoms with E-state index < -0.39 is 0 Å². The molecule has 1 unspecified atom stereocenters. The maximum atomic E-state index is 5.23. The molecule has 3 heterocycles. The van der Waals surface area contributed by atoms with Crippen LogP contribution >= 0.6 is 11.3 Å². The van der Waals surface area contributed by atoms with Crippen LogP contribution in [0.4, 0.5) is 0 Å². The summed E-state index contributed by atoms with van der Waals surface area (Å²) in [7, 11) is 0. The molecule has 0 saturated heterocycles. The highest BCUT2D eigenvalue weighted by atomic mass is 32.1. The van der Waals surface area contributed by atoms with Gasteiger partial charge in [-0.1, -0.05) is 115 Å². The van der Waals surface area contributed by atoms with Crippen molar-refractivity contribution in [3.63, 3.8) is 0 Å². The summed E-state index contributed by atoms with van der Waals surface area (Å²) in [5.74, 6) is 1.55. The molecule has 2 aromatic heterocycles. The Balaban J connectivity index is 1.34. The van der Waals surface area contributed by atoms with E-state index in [4.69, 9.17) is 9.98 Å². The van der Waals surface area contributed by atoms with E-state index in [-0.39, 0.29) is 6.17 Å². The molecule has 0 aliphatic carbocycles. The summed E-state index contributed by atoms with van der Waals surface area (Å²) in [6.45, 7) is 0. The largest absolute Gasteiger partial charge is 0.344 e. The van der Waals surface area contributed by atoms with Gasteiger partial charge in [0.2, 0.25) is 0 Å². The lowest BCUT2D eigenvalue weighted by atomic mass is 10.0. The third-order valence-electron chi connectivity index (χ3n) is 8.45. The zero-order valence-electron chi connectivity index (χ0n) is 23.7. The van der Waals surface area contributed by atoms with E-state index in [0.717, 1.165) is 34.0 Å². The predicted octanol–water partition coefficient (Wildman–Crippen LogP) is 9.65. The smallest absolute Gasteiger partial charge is 0.159 e. The van der Waals surface area contributed by atoms with E-state index in [0.29, 0.717) is 0 Å². The van der Waals surface area contributed by atoms with E-state index in [1.54, 1.807) is 0 Å². The molecule has 8 aromatic rings. The van der Waals surface area contributed by atoms with E-state index in [9.17, 15) is 0 Å². The number of hydrogen-bond donors (Lipinski definition) is 1. The molecule has 5 heteroatoms. The minimum atomic E-state index is -0.268. The molecule has 0 amide bonds. The summed E-state index contributed by atoms with van der Waals surface area (Å²) in [6, 6.07) is 51.4. The number of fused-ring (bicyclic) bond motifs is 6. The van der Waals surface area contributed by atoms with Crippen molar-refractivity contribution in [2.75, 3.05) is 0 Å². The first-order valence-corrected chi connectivity index (χ1v) is 15.6. The second-order valence-electron chi connectivity index (χ2n) is 11.1. The number of thiophene rings is 1. The molecule has 0 bridgehead atoms. The number of amidine groups is 2. The number of rotatable bonds is 4. The molecule has 0 saturated carbocycles. The second kappa shape index (κ2) is 10.0. The molecular formula is C39H26N4S. The average molecular weight is 583 g/mol. The van der Waals surface area contributed by atoms with E-state index >= 15 is 0 Å². The molecule has 1 N–H and O–H groups in total. The van der Waals surface area contributed by atoms with Crippen LogP contribution in [0.2, 0.25) is 0 Å². The van der Waals surface area contributed by atoms with Crippen LogP contribution in [-0.2, 0) is 0 Å². The van der Waals surface area contributed by atoms with Gasteiger partial charge in [0, 0.05) is 47.8 Å². The topological polar surface area (TPSA) is 41.7 Å². The van der Waals surface area contributed by atoms with Gasteiger partial charge in [-0.3, -0.25) is 0 Å². The second-order valence-corrected chi connectivity index (χ2v) is 12.2. The Morgan fingerprint density at radius 1 is 0.591 bits per heavy atom. The number of nitrogens with zero attached hydrogens (tertiary/aromatic N) is 3. The normalized spacial score (nSPS) is 15.0. The number of hydrogen-bond acceptors (Lipinski definition) is 4. The van der Waals surface area contributed by atoms with Crippen LogP contribution in [-0.4, -0.2) is 16.2 Å². The van der Waals surface area contributed by atoms with E-state index in [1.807, 2.05) is 35.6 Å². The fraction of sp³-hybridized carbons (Fsp3) is 0.0256. The summed E-state index contributed by atoms with van der Waals surface area (Å²) in [5, 5.41) is 8.68. The first kappa shape index (κ1) is 25.0. The molecule has 6 aromatic carbocycles. The van der Waals surface area contributed by atoms with Crippen molar-refractivity contribution in [1.29, 1.82) is 0 Å². The summed E-state index contributed by atoms with van der Waals surface area (Å²) >= 11 is 1.83. The Morgan fingerprint density at radius 3 is 1.93 bits per heavy atom. The molecule has 1 atom stereocenters. The highest BCUT2D eigenvalue weighted by molar-refractivity contribution is 7.25. The van der Waals surface area contributed by atoms with Crippen molar-refractivity contribution in [1.82, 2.24) is 9.88 Å². The molecule has 4 nitrogen and oxygen atoms in total. The summed E-state index contributed by atoms with van der Waals surface area (Å²) in [5.41, 5.74) is 6.65. The van der Waals surface area contributed by atoms with Crippen LogP contribution in [0.25, 0.3) is 47.7 Å². The van der Waals surface area contributed by atoms with Gasteiger partial charge in [-0.05, 0) is 35.9 Å². The average Bonchev–Trinajstić information content (AvgIpc) is 3.64. The fourth-order valence-electron chi connectivity index (χ4n) is 6.47. The maximum absolute atomic E-state index is 5.23. The zero-order chi connectivity index (χ0) is 29.0. The standard InChI is InChI=1S/C39H26N4S/c1-3-13-25(14-4-1)37-40-38(26-15-5-2-6-16-26)42-39(41-37)31-23-27(24-35-36(31)30-19-9-12-22-34(30)44-35)43-32-20-10-7-17-28(32)29-18-8-11-21-33(29)43/h1-24,37H,(H,40,41,42). The van der Waals surface area contributed by atoms with Gasteiger partial charge in [-0.15, -0.1) is 11.3 Å². The first-order valence-electron chi connectivity index (χ1n) is 14.8.